The van der Waals surface area contributed by atoms with Gasteiger partial charge in [0.1, 0.15) is 0 Å². The number of hydrogen-bond donors (Lipinski definition) is 1. The summed E-state index contributed by atoms with van der Waals surface area (Å²) in [6, 6.07) is 12.4. The van der Waals surface area contributed by atoms with Gasteiger partial charge >= 0.3 is 0 Å². The summed E-state index contributed by atoms with van der Waals surface area (Å²) in [5, 5.41) is 6.39. The third-order valence-corrected chi connectivity index (χ3v) is 7.29. The van der Waals surface area contributed by atoms with Gasteiger partial charge in [-0.15, -0.1) is 0 Å². The fourth-order valence-electron chi connectivity index (χ4n) is 3.65. The van der Waals surface area contributed by atoms with Crippen LogP contribution in [-0.4, -0.2) is 22.9 Å². The molecule has 4 rings (SSSR count). The first-order valence-electron chi connectivity index (χ1n) is 9.21. The van der Waals surface area contributed by atoms with Gasteiger partial charge in [-0.1, -0.05) is 29.5 Å². The molecule has 0 fully saturated rings. The van der Waals surface area contributed by atoms with Crippen molar-refractivity contribution >= 4 is 34.3 Å². The molecule has 0 radical (unpaired) electrons. The number of pyridine rings is 1. The van der Waals surface area contributed by atoms with Crippen molar-refractivity contribution in [3.8, 4) is 11.3 Å². The minimum atomic E-state index is -0.0327. The molecular weight excluding hydrogens is 388 g/mol. The third kappa shape index (κ3) is 3.70. The van der Waals surface area contributed by atoms with Crippen molar-refractivity contribution in [2.45, 2.75) is 30.4 Å². The number of benzene rings is 1. The Morgan fingerprint density at radius 3 is 2.86 bits per heavy atom. The first-order valence-corrected chi connectivity index (χ1v) is 10.9. The fourth-order valence-corrected chi connectivity index (χ4v) is 5.05. The predicted molar refractivity (Wildman–Crippen MR) is 115 cm³/mol. The van der Waals surface area contributed by atoms with Crippen molar-refractivity contribution in [2.75, 3.05) is 11.9 Å². The summed E-state index contributed by atoms with van der Waals surface area (Å²) in [7, 11) is 1.81. The number of rotatable bonds is 4. The highest BCUT2D eigenvalue weighted by Crippen LogP contribution is 2.34. The number of aromatic nitrogens is 2. The Bertz CT molecular complexity index is 1000. The van der Waals surface area contributed by atoms with Crippen LogP contribution in [0.3, 0.4) is 0 Å². The van der Waals surface area contributed by atoms with E-state index in [0.29, 0.717) is 5.13 Å². The van der Waals surface area contributed by atoms with E-state index in [0.717, 1.165) is 40.4 Å². The van der Waals surface area contributed by atoms with Crippen LogP contribution in [0.5, 0.6) is 0 Å². The van der Waals surface area contributed by atoms with Crippen molar-refractivity contribution in [2.24, 2.45) is 11.1 Å². The second kappa shape index (κ2) is 8.03. The monoisotopic (exact) mass is 410 g/mol. The number of nitrogens with two attached hydrogens (primary N) is 1. The standard InChI is InChI=1S/C21H22N4OS2/c1-13-20(28-22)27-21(24-13)25(2)19(26)16-9-7-14-6-8-15(11-17(14)12-16)18-5-3-4-10-23-18/h3-6,8,10-11,16H,7,9,12,22H2,1-2H3. The largest absolute Gasteiger partial charge is 0.291 e. The molecule has 0 saturated heterocycles. The quantitative estimate of drug-likeness (QED) is 0.651. The molecule has 2 N–H and O–H groups in total. The van der Waals surface area contributed by atoms with Crippen molar-refractivity contribution in [1.82, 2.24) is 9.97 Å². The molecule has 0 spiro atoms. The molecule has 5 nitrogen and oxygen atoms in total. The molecule has 28 heavy (non-hydrogen) atoms. The molecule has 144 valence electrons. The zero-order valence-corrected chi connectivity index (χ0v) is 17.5. The van der Waals surface area contributed by atoms with E-state index in [9.17, 15) is 4.79 Å². The Balaban J connectivity index is 1.54. The van der Waals surface area contributed by atoms with E-state index in [2.05, 4.69) is 28.2 Å². The summed E-state index contributed by atoms with van der Waals surface area (Å²) >= 11 is 2.65. The minimum absolute atomic E-state index is 0.0327. The number of aryl methyl sites for hydroxylation is 2. The predicted octanol–water partition coefficient (Wildman–Crippen LogP) is 4.25. The van der Waals surface area contributed by atoms with E-state index in [1.807, 2.05) is 32.2 Å². The maximum atomic E-state index is 13.1. The minimum Gasteiger partial charge on any atom is -0.291 e. The lowest BCUT2D eigenvalue weighted by Gasteiger charge is -2.27. The maximum Gasteiger partial charge on any atom is 0.231 e. The van der Waals surface area contributed by atoms with E-state index in [4.69, 9.17) is 5.14 Å². The van der Waals surface area contributed by atoms with E-state index in [1.165, 1.54) is 34.4 Å². The van der Waals surface area contributed by atoms with Crippen LogP contribution in [0.1, 0.15) is 23.2 Å². The number of thiazole rings is 1. The van der Waals surface area contributed by atoms with Crippen LogP contribution < -0.4 is 10.0 Å². The van der Waals surface area contributed by atoms with Gasteiger partial charge < -0.3 is 0 Å². The molecule has 0 bridgehead atoms. The lowest BCUT2D eigenvalue weighted by Crippen LogP contribution is -2.35. The number of carbonyl (C=O) groups excluding carboxylic acids is 1. The molecule has 2 heterocycles. The van der Waals surface area contributed by atoms with E-state index >= 15 is 0 Å². The van der Waals surface area contributed by atoms with Crippen LogP contribution in [0.4, 0.5) is 5.13 Å². The first kappa shape index (κ1) is 19.1. The lowest BCUT2D eigenvalue weighted by atomic mass is 9.82. The average Bonchev–Trinajstić information content (AvgIpc) is 3.13. The maximum absolute atomic E-state index is 13.1. The Hall–Kier alpha value is -2.22. The van der Waals surface area contributed by atoms with E-state index < -0.39 is 0 Å². The lowest BCUT2D eigenvalue weighted by molar-refractivity contribution is -0.122. The van der Waals surface area contributed by atoms with Gasteiger partial charge in [0.25, 0.3) is 0 Å². The van der Waals surface area contributed by atoms with Crippen LogP contribution in [-0.2, 0) is 17.6 Å². The highest BCUT2D eigenvalue weighted by Gasteiger charge is 2.29. The molecule has 2 aromatic heterocycles. The van der Waals surface area contributed by atoms with Gasteiger partial charge in [-0.3, -0.25) is 19.8 Å². The van der Waals surface area contributed by atoms with Gasteiger partial charge in [0, 0.05) is 24.7 Å². The summed E-state index contributed by atoms with van der Waals surface area (Å²) < 4.78 is 0.948. The van der Waals surface area contributed by atoms with E-state index in [-0.39, 0.29) is 11.8 Å². The molecular formula is C21H22N4OS2. The van der Waals surface area contributed by atoms with Crippen LogP contribution in [0, 0.1) is 12.8 Å². The fraction of sp³-hybridized carbons (Fsp3) is 0.286. The van der Waals surface area contributed by atoms with Crippen LogP contribution in [0.25, 0.3) is 11.3 Å². The topological polar surface area (TPSA) is 72.1 Å². The van der Waals surface area contributed by atoms with Gasteiger partial charge in [-0.2, -0.15) is 0 Å². The molecule has 1 unspecified atom stereocenters. The normalized spacial score (nSPS) is 15.9. The van der Waals surface area contributed by atoms with Gasteiger partial charge in [0.05, 0.1) is 15.6 Å². The van der Waals surface area contributed by atoms with Crippen molar-refractivity contribution < 1.29 is 4.79 Å². The molecule has 1 aromatic carbocycles. The molecule has 0 aliphatic heterocycles. The summed E-state index contributed by atoms with van der Waals surface area (Å²) in [5.41, 5.74) is 5.51. The van der Waals surface area contributed by atoms with Crippen molar-refractivity contribution in [1.29, 1.82) is 0 Å². The Labute approximate surface area is 173 Å². The zero-order valence-electron chi connectivity index (χ0n) is 15.9. The highest BCUT2D eigenvalue weighted by molar-refractivity contribution is 7.99. The third-order valence-electron chi connectivity index (χ3n) is 5.21. The molecule has 1 amide bonds. The first-order chi connectivity index (χ1) is 13.6. The number of anilines is 1. The van der Waals surface area contributed by atoms with Crippen LogP contribution in [0.2, 0.25) is 0 Å². The van der Waals surface area contributed by atoms with Gasteiger partial charge in [0.2, 0.25) is 5.91 Å². The Kier molecular flexibility index (Phi) is 5.48. The smallest absolute Gasteiger partial charge is 0.231 e. The molecule has 1 atom stereocenters. The summed E-state index contributed by atoms with van der Waals surface area (Å²) in [6.45, 7) is 1.92. The van der Waals surface area contributed by atoms with Gasteiger partial charge in [0.15, 0.2) is 5.13 Å². The van der Waals surface area contributed by atoms with Gasteiger partial charge in [-0.25, -0.2) is 4.98 Å². The molecule has 0 saturated carbocycles. The van der Waals surface area contributed by atoms with E-state index in [1.54, 1.807) is 11.1 Å². The second-order valence-corrected chi connectivity index (χ2v) is 8.90. The number of fused-ring (bicyclic) bond motifs is 1. The number of amides is 1. The Morgan fingerprint density at radius 1 is 1.29 bits per heavy atom. The number of hydrogen-bond acceptors (Lipinski definition) is 6. The van der Waals surface area contributed by atoms with Crippen LogP contribution in [0.15, 0.2) is 46.8 Å². The molecule has 7 heteroatoms. The van der Waals surface area contributed by atoms with Crippen molar-refractivity contribution in [3.63, 3.8) is 0 Å². The summed E-state index contributed by atoms with van der Waals surface area (Å²) in [4.78, 5) is 23.8. The number of nitrogens with zero attached hydrogens (tertiary/aromatic N) is 3. The number of carbonyl (C=O) groups is 1. The van der Waals surface area contributed by atoms with Crippen LogP contribution >= 0.6 is 23.3 Å². The van der Waals surface area contributed by atoms with Gasteiger partial charge in [-0.05, 0) is 67.5 Å². The Morgan fingerprint density at radius 2 is 2.14 bits per heavy atom. The molecule has 1 aliphatic carbocycles. The van der Waals surface area contributed by atoms with Crippen molar-refractivity contribution in [3.05, 3.63) is 59.4 Å². The highest BCUT2D eigenvalue weighted by atomic mass is 32.2. The summed E-state index contributed by atoms with van der Waals surface area (Å²) in [5.74, 6) is 0.0888. The zero-order chi connectivity index (χ0) is 19.7. The molecule has 3 aromatic rings. The molecule has 1 aliphatic rings. The SMILES string of the molecule is Cc1nc(N(C)C(=O)C2CCc3ccc(-c4ccccn4)cc3C2)sc1SN. The average molecular weight is 411 g/mol. The summed E-state index contributed by atoms with van der Waals surface area (Å²) in [6.07, 6.45) is 4.34. The second-order valence-electron chi connectivity index (χ2n) is 7.02.